The third-order valence-corrected chi connectivity index (χ3v) is 5.58. The Morgan fingerprint density at radius 3 is 2.79 bits per heavy atom. The molecule has 1 N–H and O–H groups in total. The van der Waals surface area contributed by atoms with Crippen molar-refractivity contribution in [2.45, 2.75) is 44.4 Å². The molecule has 4 rings (SSSR count). The van der Waals surface area contributed by atoms with Crippen molar-refractivity contribution >= 4 is 11.7 Å². The molecule has 0 bridgehead atoms. The van der Waals surface area contributed by atoms with Gasteiger partial charge in [-0.05, 0) is 38.0 Å². The van der Waals surface area contributed by atoms with Crippen molar-refractivity contribution in [1.82, 2.24) is 15.1 Å². The lowest BCUT2D eigenvalue weighted by Gasteiger charge is -2.35. The number of nitrogens with zero attached hydrogens (tertiary/aromatic N) is 3. The van der Waals surface area contributed by atoms with E-state index in [9.17, 15) is 4.79 Å². The Hall–Kier alpha value is -1.56. The normalized spacial score (nSPS) is 25.1. The Morgan fingerprint density at radius 1 is 1.25 bits per heavy atom. The molecule has 1 atom stereocenters. The van der Waals surface area contributed by atoms with Gasteiger partial charge in [-0.1, -0.05) is 0 Å². The SMILES string of the molecule is O=C(CCC1CCCOC1)N1CCN(c2cc(C3CC3)[nH]n2)CC1. The third kappa shape index (κ3) is 3.74. The van der Waals surface area contributed by atoms with Crippen LogP contribution in [-0.4, -0.2) is 60.4 Å². The number of piperazine rings is 1. The van der Waals surface area contributed by atoms with E-state index < -0.39 is 0 Å². The van der Waals surface area contributed by atoms with Crippen LogP contribution in [0.25, 0.3) is 0 Å². The number of H-pyrrole nitrogens is 1. The van der Waals surface area contributed by atoms with Crippen LogP contribution in [0.5, 0.6) is 0 Å². The molecule has 132 valence electrons. The maximum Gasteiger partial charge on any atom is 0.222 e. The molecule has 1 aromatic rings. The van der Waals surface area contributed by atoms with E-state index in [-0.39, 0.29) is 0 Å². The summed E-state index contributed by atoms with van der Waals surface area (Å²) in [5.41, 5.74) is 1.28. The molecule has 1 amide bonds. The highest BCUT2D eigenvalue weighted by Gasteiger charge is 2.28. The van der Waals surface area contributed by atoms with E-state index in [2.05, 4.69) is 21.2 Å². The second-order valence-corrected chi connectivity index (χ2v) is 7.45. The van der Waals surface area contributed by atoms with Crippen LogP contribution >= 0.6 is 0 Å². The molecule has 1 aromatic heterocycles. The van der Waals surface area contributed by atoms with E-state index in [1.165, 1.54) is 25.0 Å². The minimum atomic E-state index is 0.306. The molecule has 1 aliphatic carbocycles. The minimum Gasteiger partial charge on any atom is -0.381 e. The maximum absolute atomic E-state index is 12.4. The molecule has 0 aromatic carbocycles. The second kappa shape index (κ2) is 7.13. The number of carbonyl (C=O) groups excluding carboxylic acids is 1. The van der Waals surface area contributed by atoms with Crippen LogP contribution in [0.4, 0.5) is 5.82 Å². The number of aromatic nitrogens is 2. The smallest absolute Gasteiger partial charge is 0.222 e. The first kappa shape index (κ1) is 15.9. The first-order valence-corrected chi connectivity index (χ1v) is 9.45. The zero-order valence-electron chi connectivity index (χ0n) is 14.4. The van der Waals surface area contributed by atoms with Crippen molar-refractivity contribution in [1.29, 1.82) is 0 Å². The number of amides is 1. The maximum atomic E-state index is 12.4. The lowest BCUT2D eigenvalue weighted by Crippen LogP contribution is -2.49. The quantitative estimate of drug-likeness (QED) is 0.897. The van der Waals surface area contributed by atoms with Gasteiger partial charge in [-0.2, -0.15) is 5.10 Å². The molecule has 24 heavy (non-hydrogen) atoms. The second-order valence-electron chi connectivity index (χ2n) is 7.45. The molecule has 2 aliphatic heterocycles. The largest absolute Gasteiger partial charge is 0.381 e. The summed E-state index contributed by atoms with van der Waals surface area (Å²) in [6.07, 6.45) is 6.57. The van der Waals surface area contributed by atoms with Crippen LogP contribution in [0.2, 0.25) is 0 Å². The molecule has 0 radical (unpaired) electrons. The van der Waals surface area contributed by atoms with Gasteiger partial charge in [0.05, 0.1) is 0 Å². The van der Waals surface area contributed by atoms with Gasteiger partial charge in [0.25, 0.3) is 0 Å². The molecular formula is C18H28N4O2. The van der Waals surface area contributed by atoms with E-state index in [1.54, 1.807) is 0 Å². The average Bonchev–Trinajstić information content (AvgIpc) is 3.38. The summed E-state index contributed by atoms with van der Waals surface area (Å²) in [4.78, 5) is 16.7. The summed E-state index contributed by atoms with van der Waals surface area (Å²) in [5.74, 6) is 2.64. The fraction of sp³-hybridized carbons (Fsp3) is 0.778. The fourth-order valence-electron chi connectivity index (χ4n) is 3.80. The molecule has 3 aliphatic rings. The van der Waals surface area contributed by atoms with Crippen LogP contribution in [0.15, 0.2) is 6.07 Å². The van der Waals surface area contributed by atoms with Gasteiger partial charge in [-0.3, -0.25) is 9.89 Å². The lowest BCUT2D eigenvalue weighted by molar-refractivity contribution is -0.132. The molecule has 1 unspecified atom stereocenters. The van der Waals surface area contributed by atoms with Crippen molar-refractivity contribution in [2.24, 2.45) is 5.92 Å². The van der Waals surface area contributed by atoms with Gasteiger partial charge in [0.1, 0.15) is 0 Å². The summed E-state index contributed by atoms with van der Waals surface area (Å²) in [6.45, 7) is 5.11. The Morgan fingerprint density at radius 2 is 2.08 bits per heavy atom. The standard InChI is InChI=1S/C18H28N4O2/c23-18(6-3-14-2-1-11-24-13-14)22-9-7-21(8-10-22)17-12-16(19-20-17)15-4-5-15/h12,14-15H,1-11,13H2,(H,19,20). The van der Waals surface area contributed by atoms with Crippen molar-refractivity contribution in [2.75, 3.05) is 44.3 Å². The molecule has 3 heterocycles. The number of nitrogens with one attached hydrogen (secondary N) is 1. The van der Waals surface area contributed by atoms with E-state index in [1.807, 2.05) is 4.90 Å². The minimum absolute atomic E-state index is 0.306. The monoisotopic (exact) mass is 332 g/mol. The van der Waals surface area contributed by atoms with Crippen LogP contribution in [-0.2, 0) is 9.53 Å². The highest BCUT2D eigenvalue weighted by molar-refractivity contribution is 5.76. The van der Waals surface area contributed by atoms with Gasteiger partial charge in [-0.15, -0.1) is 0 Å². The molecule has 0 spiro atoms. The highest BCUT2D eigenvalue weighted by Crippen LogP contribution is 2.39. The molecule has 6 heteroatoms. The topological polar surface area (TPSA) is 61.5 Å². The van der Waals surface area contributed by atoms with E-state index in [0.717, 1.165) is 58.1 Å². The van der Waals surface area contributed by atoms with Gasteiger partial charge in [-0.25, -0.2) is 0 Å². The van der Waals surface area contributed by atoms with Crippen LogP contribution in [0.3, 0.4) is 0 Å². The summed E-state index contributed by atoms with van der Waals surface area (Å²) in [7, 11) is 0. The van der Waals surface area contributed by atoms with Crippen molar-refractivity contribution in [3.63, 3.8) is 0 Å². The third-order valence-electron chi connectivity index (χ3n) is 5.58. The van der Waals surface area contributed by atoms with Crippen LogP contribution in [0, 0.1) is 5.92 Å². The summed E-state index contributed by atoms with van der Waals surface area (Å²) in [5, 5.41) is 7.62. The number of hydrogen-bond acceptors (Lipinski definition) is 4. The van der Waals surface area contributed by atoms with Crippen molar-refractivity contribution < 1.29 is 9.53 Å². The predicted octanol–water partition coefficient (Wildman–Crippen LogP) is 2.14. The Labute approximate surface area is 143 Å². The zero-order valence-corrected chi connectivity index (χ0v) is 14.4. The fourth-order valence-corrected chi connectivity index (χ4v) is 3.80. The van der Waals surface area contributed by atoms with Crippen molar-refractivity contribution in [3.05, 3.63) is 11.8 Å². The summed E-state index contributed by atoms with van der Waals surface area (Å²) in [6, 6.07) is 2.19. The first-order valence-electron chi connectivity index (χ1n) is 9.45. The number of hydrogen-bond donors (Lipinski definition) is 1. The number of ether oxygens (including phenoxy) is 1. The average molecular weight is 332 g/mol. The summed E-state index contributed by atoms with van der Waals surface area (Å²) < 4.78 is 5.50. The van der Waals surface area contributed by atoms with Crippen LogP contribution in [0.1, 0.15) is 50.1 Å². The highest BCUT2D eigenvalue weighted by atomic mass is 16.5. The number of rotatable bonds is 5. The molecule has 3 fully saturated rings. The molecule has 6 nitrogen and oxygen atoms in total. The number of anilines is 1. The van der Waals surface area contributed by atoms with E-state index >= 15 is 0 Å². The van der Waals surface area contributed by atoms with Gasteiger partial charge in [0.15, 0.2) is 5.82 Å². The van der Waals surface area contributed by atoms with Crippen molar-refractivity contribution in [3.8, 4) is 0 Å². The zero-order chi connectivity index (χ0) is 16.4. The van der Waals surface area contributed by atoms with E-state index in [4.69, 9.17) is 4.74 Å². The molecule has 1 saturated carbocycles. The van der Waals surface area contributed by atoms with Gasteiger partial charge >= 0.3 is 0 Å². The van der Waals surface area contributed by atoms with Gasteiger partial charge < -0.3 is 14.5 Å². The Kier molecular flexibility index (Phi) is 4.74. The number of carbonyl (C=O) groups is 1. The van der Waals surface area contributed by atoms with E-state index in [0.29, 0.717) is 24.2 Å². The van der Waals surface area contributed by atoms with Crippen LogP contribution < -0.4 is 4.90 Å². The molecular weight excluding hydrogens is 304 g/mol. The number of aromatic amines is 1. The first-order chi connectivity index (χ1) is 11.8. The predicted molar refractivity (Wildman–Crippen MR) is 92.1 cm³/mol. The van der Waals surface area contributed by atoms with Gasteiger partial charge in [0.2, 0.25) is 5.91 Å². The Bertz CT molecular complexity index is 555. The molecule has 2 saturated heterocycles. The summed E-state index contributed by atoms with van der Waals surface area (Å²) >= 11 is 0. The Balaban J connectivity index is 1.22. The van der Waals surface area contributed by atoms with Gasteiger partial charge in [0, 0.05) is 63.5 Å². The lowest BCUT2D eigenvalue weighted by atomic mass is 9.96.